The van der Waals surface area contributed by atoms with Crippen molar-refractivity contribution in [1.29, 1.82) is 0 Å². The number of hydrogen-bond donors (Lipinski definition) is 2. The van der Waals surface area contributed by atoms with Crippen molar-refractivity contribution in [2.75, 3.05) is 6.61 Å². The van der Waals surface area contributed by atoms with Crippen LogP contribution in [0.15, 0.2) is 12.2 Å². The first-order chi connectivity index (χ1) is 5.91. The minimum absolute atomic E-state index is 0.304. The van der Waals surface area contributed by atoms with Crippen LogP contribution in [-0.2, 0) is 20.0 Å². The summed E-state index contributed by atoms with van der Waals surface area (Å²) >= 11 is 0. The molecule has 0 atom stereocenters. The molecule has 0 fully saturated rings. The smallest absolute Gasteiger partial charge is 0.257 e. The van der Waals surface area contributed by atoms with Crippen molar-refractivity contribution in [2.45, 2.75) is 20.3 Å². The Kier molecular flexibility index (Phi) is 10.4. The van der Waals surface area contributed by atoms with E-state index in [2.05, 4.69) is 10.8 Å². The van der Waals surface area contributed by atoms with Crippen LogP contribution >= 0.6 is 0 Å². The first-order valence-corrected chi connectivity index (χ1v) is 4.74. The maximum Gasteiger partial charge on any atom is 0.257 e. The lowest BCUT2D eigenvalue weighted by Crippen LogP contribution is -2.10. The molecule has 0 rings (SSSR count). The second-order valence-corrected chi connectivity index (χ2v) is 2.91. The number of rotatable bonds is 4. The molecular formula is C7H15NO4S. The molecular weight excluding hydrogens is 194 g/mol. The van der Waals surface area contributed by atoms with Crippen molar-refractivity contribution in [1.82, 2.24) is 0 Å². The van der Waals surface area contributed by atoms with E-state index in [1.807, 2.05) is 6.92 Å². The Morgan fingerprint density at radius 2 is 1.92 bits per heavy atom. The van der Waals surface area contributed by atoms with E-state index in [4.69, 9.17) is 5.73 Å². The fourth-order valence-electron chi connectivity index (χ4n) is 0.166. The predicted molar refractivity (Wildman–Crippen MR) is 50.6 cm³/mol. The maximum absolute atomic E-state index is 9.82. The first kappa shape index (κ1) is 14.6. The van der Waals surface area contributed by atoms with E-state index in [1.54, 1.807) is 6.92 Å². The lowest BCUT2D eigenvalue weighted by molar-refractivity contribution is -0.114. The molecule has 13 heavy (non-hydrogen) atoms. The van der Waals surface area contributed by atoms with Gasteiger partial charge in [-0.2, -0.15) is 0 Å². The maximum atomic E-state index is 9.82. The summed E-state index contributed by atoms with van der Waals surface area (Å²) in [5.74, 6) is -0.435. The first-order valence-electron chi connectivity index (χ1n) is 3.64. The third-order valence-corrected chi connectivity index (χ3v) is 1.21. The Hall–Kier alpha value is -0.880. The molecule has 0 spiro atoms. The minimum Gasteiger partial charge on any atom is -0.366 e. The van der Waals surface area contributed by atoms with Crippen LogP contribution < -0.4 is 5.73 Å². The lowest BCUT2D eigenvalue weighted by atomic mass is 10.3. The van der Waals surface area contributed by atoms with Gasteiger partial charge >= 0.3 is 0 Å². The van der Waals surface area contributed by atoms with Gasteiger partial charge in [-0.3, -0.25) is 8.98 Å². The summed E-state index contributed by atoms with van der Waals surface area (Å²) in [5.41, 5.74) is 5.09. The zero-order valence-electron chi connectivity index (χ0n) is 7.78. The molecule has 6 heteroatoms. The highest BCUT2D eigenvalue weighted by Gasteiger charge is 1.86. The van der Waals surface area contributed by atoms with Crippen LogP contribution in [0.3, 0.4) is 0 Å². The molecule has 0 aliphatic carbocycles. The lowest BCUT2D eigenvalue weighted by Gasteiger charge is -1.84. The number of thiol groups is 1. The second kappa shape index (κ2) is 9.21. The molecule has 0 bridgehead atoms. The van der Waals surface area contributed by atoms with Crippen LogP contribution in [0.2, 0.25) is 0 Å². The molecule has 1 amide bonds. The summed E-state index contributed by atoms with van der Waals surface area (Å²) in [6.45, 7) is 7.00. The highest BCUT2D eigenvalue weighted by Crippen LogP contribution is 1.78. The Balaban J connectivity index is 0. The molecule has 0 saturated heterocycles. The zero-order chi connectivity index (χ0) is 10.9. The molecule has 0 heterocycles. The molecule has 0 aliphatic rings. The third-order valence-electron chi connectivity index (χ3n) is 0.821. The molecule has 78 valence electrons. The normalized spacial score (nSPS) is 8.85. The van der Waals surface area contributed by atoms with Crippen LogP contribution in [0.5, 0.6) is 0 Å². The Labute approximate surface area is 79.7 Å². The predicted octanol–water partition coefficient (Wildman–Crippen LogP) is -0.0128. The molecule has 0 unspecified atom stereocenters. The standard InChI is InChI=1S/C4H7NO.C3H8O3S/c1-3(2)4(5)6;1-2-3-6-7(4)5/h1H2,2H3,(H2,5,6);7H,2-3H2,1H3. The van der Waals surface area contributed by atoms with Gasteiger partial charge < -0.3 is 5.73 Å². The summed E-state index contributed by atoms with van der Waals surface area (Å²) < 4.78 is 23.3. The van der Waals surface area contributed by atoms with Gasteiger partial charge in [0.2, 0.25) is 5.91 Å². The minimum atomic E-state index is -2.61. The molecule has 0 aromatic heterocycles. The van der Waals surface area contributed by atoms with Gasteiger partial charge in [0, 0.05) is 5.57 Å². The molecule has 2 N–H and O–H groups in total. The number of hydrogen-bond acceptors (Lipinski definition) is 4. The van der Waals surface area contributed by atoms with Gasteiger partial charge in [0.1, 0.15) is 0 Å². The van der Waals surface area contributed by atoms with Crippen LogP contribution in [0.4, 0.5) is 0 Å². The Morgan fingerprint density at radius 3 is 2.00 bits per heavy atom. The molecule has 0 aromatic carbocycles. The highest BCUT2D eigenvalue weighted by molar-refractivity contribution is 7.67. The monoisotopic (exact) mass is 209 g/mol. The zero-order valence-corrected chi connectivity index (χ0v) is 8.67. The van der Waals surface area contributed by atoms with Crippen LogP contribution in [0.25, 0.3) is 0 Å². The molecule has 5 nitrogen and oxygen atoms in total. The van der Waals surface area contributed by atoms with E-state index in [0.717, 1.165) is 6.42 Å². The number of amides is 1. The van der Waals surface area contributed by atoms with Gasteiger partial charge in [0.05, 0.1) is 6.61 Å². The largest absolute Gasteiger partial charge is 0.366 e. The average Bonchev–Trinajstić information content (AvgIpc) is 2.01. The molecule has 0 aromatic rings. The summed E-state index contributed by atoms with van der Waals surface area (Å²) in [6.07, 6.45) is 0.739. The van der Waals surface area contributed by atoms with E-state index < -0.39 is 16.9 Å². The molecule has 0 radical (unpaired) electrons. The topological polar surface area (TPSA) is 86.5 Å². The summed E-state index contributed by atoms with van der Waals surface area (Å²) in [5, 5.41) is 0. The van der Waals surface area contributed by atoms with Gasteiger partial charge in [-0.15, -0.1) is 0 Å². The molecule has 0 saturated carbocycles. The van der Waals surface area contributed by atoms with E-state index in [9.17, 15) is 13.2 Å². The van der Waals surface area contributed by atoms with Gasteiger partial charge in [-0.05, 0) is 13.3 Å². The Bertz CT molecular complexity index is 215. The summed E-state index contributed by atoms with van der Waals surface area (Å²) in [4.78, 5) is 9.82. The van der Waals surface area contributed by atoms with Crippen molar-refractivity contribution in [2.24, 2.45) is 5.73 Å². The Morgan fingerprint density at radius 1 is 1.54 bits per heavy atom. The van der Waals surface area contributed by atoms with Gasteiger partial charge in [-0.1, -0.05) is 13.5 Å². The van der Waals surface area contributed by atoms with Crippen molar-refractivity contribution in [3.63, 3.8) is 0 Å². The number of primary amides is 1. The molecule has 0 aliphatic heterocycles. The fraction of sp³-hybridized carbons (Fsp3) is 0.571. The van der Waals surface area contributed by atoms with Crippen molar-refractivity contribution < 1.29 is 17.4 Å². The highest BCUT2D eigenvalue weighted by atomic mass is 32.2. The number of carbonyl (C=O) groups is 1. The van der Waals surface area contributed by atoms with Crippen LogP contribution in [0.1, 0.15) is 20.3 Å². The summed E-state index contributed by atoms with van der Waals surface area (Å²) in [6, 6.07) is 0. The van der Waals surface area contributed by atoms with Crippen LogP contribution in [0, 0.1) is 0 Å². The van der Waals surface area contributed by atoms with E-state index >= 15 is 0 Å². The second-order valence-electron chi connectivity index (χ2n) is 2.20. The van der Waals surface area contributed by atoms with Gasteiger partial charge in [0.25, 0.3) is 11.0 Å². The van der Waals surface area contributed by atoms with E-state index in [0.29, 0.717) is 12.2 Å². The number of nitrogens with two attached hydrogens (primary N) is 1. The van der Waals surface area contributed by atoms with Crippen LogP contribution in [-0.4, -0.2) is 20.9 Å². The number of carbonyl (C=O) groups excluding carboxylic acids is 1. The summed E-state index contributed by atoms with van der Waals surface area (Å²) in [7, 11) is -2.61. The third kappa shape index (κ3) is 18.2. The fourth-order valence-corrected chi connectivity index (χ4v) is 0.497. The van der Waals surface area contributed by atoms with Gasteiger partial charge in [0.15, 0.2) is 0 Å². The quantitative estimate of drug-likeness (QED) is 0.503. The van der Waals surface area contributed by atoms with Crippen molar-refractivity contribution >= 4 is 16.9 Å². The SMILES string of the molecule is C=C(C)C(N)=O.CCCO[SH](=O)=O. The van der Waals surface area contributed by atoms with Crippen molar-refractivity contribution in [3.05, 3.63) is 12.2 Å². The van der Waals surface area contributed by atoms with Crippen molar-refractivity contribution in [3.8, 4) is 0 Å². The van der Waals surface area contributed by atoms with E-state index in [-0.39, 0.29) is 0 Å². The van der Waals surface area contributed by atoms with E-state index in [1.165, 1.54) is 0 Å². The van der Waals surface area contributed by atoms with Gasteiger partial charge in [-0.25, -0.2) is 8.42 Å². The average molecular weight is 209 g/mol.